The zero-order valence-electron chi connectivity index (χ0n) is 13.5. The first-order valence-electron chi connectivity index (χ1n) is 8.95. The van der Waals surface area contributed by atoms with Crippen molar-refractivity contribution < 1.29 is 0 Å². The third-order valence-corrected chi connectivity index (χ3v) is 5.79. The van der Waals surface area contributed by atoms with Crippen LogP contribution in [0.5, 0.6) is 0 Å². The monoisotopic (exact) mass is 265 g/mol. The molecule has 1 N–H and O–H groups in total. The maximum Gasteiger partial charge on any atom is 0.00722 e. The zero-order chi connectivity index (χ0) is 13.7. The van der Waals surface area contributed by atoms with Crippen molar-refractivity contribution in [2.24, 2.45) is 17.8 Å². The van der Waals surface area contributed by atoms with Gasteiger partial charge >= 0.3 is 0 Å². The maximum absolute atomic E-state index is 4.02. The molecule has 1 nitrogen and oxygen atoms in total. The average Bonchev–Trinajstić information content (AvgIpc) is 2.65. The predicted octanol–water partition coefficient (Wildman–Crippen LogP) is 5.15. The van der Waals surface area contributed by atoms with Gasteiger partial charge in [-0.25, -0.2) is 0 Å². The van der Waals surface area contributed by atoms with Crippen LogP contribution in [0.4, 0.5) is 0 Å². The second-order valence-corrected chi connectivity index (χ2v) is 7.51. The summed E-state index contributed by atoms with van der Waals surface area (Å²) < 4.78 is 0. The summed E-state index contributed by atoms with van der Waals surface area (Å²) in [6.07, 6.45) is 14.4. The SMILES string of the molecule is CCC1CCCC(NC2CCCC(C(C)C)CC2)C1. The highest BCUT2D eigenvalue weighted by molar-refractivity contribution is 4.83. The molecule has 0 spiro atoms. The standard InChI is InChI=1S/C18H35N/c1-4-15-7-5-10-18(13-15)19-17-9-6-8-16(11-12-17)14(2)3/h14-19H,4-13H2,1-3H3. The molecule has 1 heteroatoms. The summed E-state index contributed by atoms with van der Waals surface area (Å²) in [5, 5.41) is 4.02. The van der Waals surface area contributed by atoms with Gasteiger partial charge in [-0.05, 0) is 49.9 Å². The van der Waals surface area contributed by atoms with Gasteiger partial charge in [-0.1, -0.05) is 52.9 Å². The molecule has 0 aromatic carbocycles. The lowest BCUT2D eigenvalue weighted by molar-refractivity contribution is 0.252. The molecule has 2 saturated carbocycles. The molecule has 0 radical (unpaired) electrons. The second-order valence-electron chi connectivity index (χ2n) is 7.51. The summed E-state index contributed by atoms with van der Waals surface area (Å²) in [7, 11) is 0. The van der Waals surface area contributed by atoms with Crippen LogP contribution in [0.2, 0.25) is 0 Å². The Kier molecular flexibility index (Phi) is 6.19. The van der Waals surface area contributed by atoms with Crippen LogP contribution in [-0.4, -0.2) is 12.1 Å². The molecule has 0 heterocycles. The lowest BCUT2D eigenvalue weighted by Crippen LogP contribution is -2.41. The second kappa shape index (κ2) is 7.67. The van der Waals surface area contributed by atoms with Gasteiger partial charge in [0.15, 0.2) is 0 Å². The first-order chi connectivity index (χ1) is 9.19. The first kappa shape index (κ1) is 15.4. The Hall–Kier alpha value is -0.0400. The third-order valence-electron chi connectivity index (χ3n) is 5.79. The minimum atomic E-state index is 0.823. The Morgan fingerprint density at radius 2 is 1.63 bits per heavy atom. The highest BCUT2D eigenvalue weighted by Gasteiger charge is 2.25. The van der Waals surface area contributed by atoms with Crippen LogP contribution < -0.4 is 5.32 Å². The van der Waals surface area contributed by atoms with Crippen molar-refractivity contribution in [2.75, 3.05) is 0 Å². The molecule has 112 valence electrons. The molecule has 0 aromatic heterocycles. The summed E-state index contributed by atoms with van der Waals surface area (Å²) in [5.74, 6) is 2.87. The number of hydrogen-bond acceptors (Lipinski definition) is 1. The van der Waals surface area contributed by atoms with Crippen molar-refractivity contribution in [3.8, 4) is 0 Å². The lowest BCUT2D eigenvalue weighted by atomic mass is 9.83. The normalized spacial score (nSPS) is 37.3. The third kappa shape index (κ3) is 4.77. The Labute approximate surface area is 120 Å². The van der Waals surface area contributed by atoms with Gasteiger partial charge < -0.3 is 5.32 Å². The van der Waals surface area contributed by atoms with E-state index in [1.54, 1.807) is 0 Å². The minimum absolute atomic E-state index is 0.823. The zero-order valence-corrected chi connectivity index (χ0v) is 13.5. The molecule has 0 aromatic rings. The van der Waals surface area contributed by atoms with Crippen LogP contribution in [-0.2, 0) is 0 Å². The fraction of sp³-hybridized carbons (Fsp3) is 1.00. The lowest BCUT2D eigenvalue weighted by Gasteiger charge is -2.32. The number of nitrogens with one attached hydrogen (secondary N) is 1. The molecule has 0 bridgehead atoms. The molecule has 19 heavy (non-hydrogen) atoms. The summed E-state index contributed by atoms with van der Waals surface area (Å²) in [6.45, 7) is 7.18. The number of hydrogen-bond donors (Lipinski definition) is 1. The molecule has 4 unspecified atom stereocenters. The molecule has 0 saturated heterocycles. The largest absolute Gasteiger partial charge is 0.311 e. The summed E-state index contributed by atoms with van der Waals surface area (Å²) in [6, 6.07) is 1.66. The van der Waals surface area contributed by atoms with E-state index in [4.69, 9.17) is 0 Å². The van der Waals surface area contributed by atoms with E-state index < -0.39 is 0 Å². The molecule has 2 rings (SSSR count). The van der Waals surface area contributed by atoms with Crippen LogP contribution in [0.1, 0.15) is 85.0 Å². The first-order valence-corrected chi connectivity index (χ1v) is 8.95. The summed E-state index contributed by atoms with van der Waals surface area (Å²) in [5.41, 5.74) is 0. The van der Waals surface area contributed by atoms with Crippen molar-refractivity contribution >= 4 is 0 Å². The molecule has 0 aliphatic heterocycles. The topological polar surface area (TPSA) is 12.0 Å². The van der Waals surface area contributed by atoms with Crippen molar-refractivity contribution in [1.82, 2.24) is 5.32 Å². The van der Waals surface area contributed by atoms with E-state index >= 15 is 0 Å². The molecule has 2 aliphatic rings. The maximum atomic E-state index is 4.02. The fourth-order valence-corrected chi connectivity index (χ4v) is 4.31. The van der Waals surface area contributed by atoms with Gasteiger partial charge in [0.1, 0.15) is 0 Å². The van der Waals surface area contributed by atoms with Crippen molar-refractivity contribution in [2.45, 2.75) is 97.1 Å². The quantitative estimate of drug-likeness (QED) is 0.693. The van der Waals surface area contributed by atoms with Crippen molar-refractivity contribution in [3.63, 3.8) is 0 Å². The van der Waals surface area contributed by atoms with Gasteiger partial charge in [0.25, 0.3) is 0 Å². The Morgan fingerprint density at radius 1 is 0.895 bits per heavy atom. The van der Waals surface area contributed by atoms with Gasteiger partial charge in [-0.15, -0.1) is 0 Å². The molecule has 4 atom stereocenters. The van der Waals surface area contributed by atoms with Gasteiger partial charge in [0, 0.05) is 12.1 Å². The van der Waals surface area contributed by atoms with Crippen LogP contribution in [0.3, 0.4) is 0 Å². The van der Waals surface area contributed by atoms with Crippen LogP contribution in [0.25, 0.3) is 0 Å². The summed E-state index contributed by atoms with van der Waals surface area (Å²) >= 11 is 0. The van der Waals surface area contributed by atoms with E-state index in [9.17, 15) is 0 Å². The fourth-order valence-electron chi connectivity index (χ4n) is 4.31. The van der Waals surface area contributed by atoms with E-state index in [1.807, 2.05) is 0 Å². The van der Waals surface area contributed by atoms with Crippen LogP contribution in [0.15, 0.2) is 0 Å². The molecule has 2 fully saturated rings. The van der Waals surface area contributed by atoms with Crippen molar-refractivity contribution in [3.05, 3.63) is 0 Å². The minimum Gasteiger partial charge on any atom is -0.311 e. The van der Waals surface area contributed by atoms with E-state index in [0.29, 0.717) is 0 Å². The van der Waals surface area contributed by atoms with Gasteiger partial charge in [0.2, 0.25) is 0 Å². The van der Waals surface area contributed by atoms with E-state index in [2.05, 4.69) is 26.1 Å². The van der Waals surface area contributed by atoms with E-state index in [1.165, 1.54) is 64.2 Å². The average molecular weight is 265 g/mol. The van der Waals surface area contributed by atoms with Gasteiger partial charge in [-0.2, -0.15) is 0 Å². The predicted molar refractivity (Wildman–Crippen MR) is 84.4 cm³/mol. The molecular formula is C18H35N. The highest BCUT2D eigenvalue weighted by Crippen LogP contribution is 2.31. The Morgan fingerprint density at radius 3 is 2.37 bits per heavy atom. The van der Waals surface area contributed by atoms with Gasteiger partial charge in [-0.3, -0.25) is 0 Å². The Balaban J connectivity index is 1.76. The Bertz CT molecular complexity index is 248. The highest BCUT2D eigenvalue weighted by atomic mass is 15.0. The van der Waals surface area contributed by atoms with Crippen molar-refractivity contribution in [1.29, 1.82) is 0 Å². The number of rotatable bonds is 4. The van der Waals surface area contributed by atoms with Crippen LogP contribution in [0, 0.1) is 17.8 Å². The van der Waals surface area contributed by atoms with Gasteiger partial charge in [0.05, 0.1) is 0 Å². The van der Waals surface area contributed by atoms with E-state index in [-0.39, 0.29) is 0 Å². The molecule has 0 amide bonds. The molecular weight excluding hydrogens is 230 g/mol. The smallest absolute Gasteiger partial charge is 0.00722 e. The van der Waals surface area contributed by atoms with Crippen LogP contribution >= 0.6 is 0 Å². The van der Waals surface area contributed by atoms with E-state index in [0.717, 1.165) is 29.8 Å². The molecule has 2 aliphatic carbocycles. The summed E-state index contributed by atoms with van der Waals surface area (Å²) in [4.78, 5) is 0.